The van der Waals surface area contributed by atoms with Gasteiger partial charge >= 0.3 is 0 Å². The van der Waals surface area contributed by atoms with Gasteiger partial charge in [-0.3, -0.25) is 9.63 Å². The van der Waals surface area contributed by atoms with Crippen LogP contribution in [0.4, 0.5) is 0 Å². The zero-order chi connectivity index (χ0) is 18.5. The highest BCUT2D eigenvalue weighted by Gasteiger charge is 2.07. The van der Waals surface area contributed by atoms with E-state index in [1.165, 1.54) is 0 Å². The van der Waals surface area contributed by atoms with E-state index in [2.05, 4.69) is 10.5 Å². The molecule has 0 bridgehead atoms. The van der Waals surface area contributed by atoms with Gasteiger partial charge in [-0.05, 0) is 34.0 Å². The van der Waals surface area contributed by atoms with Crippen molar-refractivity contribution in [3.05, 3.63) is 96.6 Å². The van der Waals surface area contributed by atoms with Gasteiger partial charge in [-0.1, -0.05) is 54.6 Å². The summed E-state index contributed by atoms with van der Waals surface area (Å²) in [4.78, 5) is 21.6. The zero-order valence-corrected chi connectivity index (χ0v) is 14.7. The van der Waals surface area contributed by atoms with Crippen LogP contribution in [0.25, 0.3) is 16.5 Å². The van der Waals surface area contributed by atoms with Gasteiger partial charge in [-0.15, -0.1) is 0 Å². The highest BCUT2D eigenvalue weighted by atomic mass is 16.6. The van der Waals surface area contributed by atoms with E-state index in [0.29, 0.717) is 6.61 Å². The van der Waals surface area contributed by atoms with Crippen LogP contribution in [0.5, 0.6) is 0 Å². The Kier molecular flexibility index (Phi) is 4.94. The van der Waals surface area contributed by atoms with Crippen LogP contribution >= 0.6 is 0 Å². The number of nitrogens with one attached hydrogen (secondary N) is 1. The Bertz CT molecular complexity index is 1040. The van der Waals surface area contributed by atoms with Gasteiger partial charge < -0.3 is 4.57 Å². The molecule has 5 nitrogen and oxygen atoms in total. The third-order valence-electron chi connectivity index (χ3n) is 4.39. The number of imidazole rings is 1. The van der Waals surface area contributed by atoms with E-state index in [1.807, 2.05) is 77.5 Å². The van der Waals surface area contributed by atoms with E-state index in [1.54, 1.807) is 12.5 Å². The van der Waals surface area contributed by atoms with Gasteiger partial charge in [-0.2, -0.15) is 0 Å². The van der Waals surface area contributed by atoms with Crippen LogP contribution in [0, 0.1) is 0 Å². The van der Waals surface area contributed by atoms with Crippen molar-refractivity contribution in [3.8, 4) is 5.69 Å². The third kappa shape index (κ3) is 4.04. The molecule has 3 aromatic carbocycles. The summed E-state index contributed by atoms with van der Waals surface area (Å²) < 4.78 is 1.93. The highest BCUT2D eigenvalue weighted by molar-refractivity contribution is 5.89. The number of hydroxylamine groups is 1. The Morgan fingerprint density at radius 3 is 2.63 bits per heavy atom. The molecule has 1 amide bonds. The molecule has 0 atom stereocenters. The molecule has 0 radical (unpaired) electrons. The van der Waals surface area contributed by atoms with Gasteiger partial charge in [0.25, 0.3) is 0 Å². The molecule has 0 saturated heterocycles. The second kappa shape index (κ2) is 7.85. The molecule has 1 aromatic heterocycles. The maximum Gasteiger partial charge on any atom is 0.247 e. The van der Waals surface area contributed by atoms with Crippen molar-refractivity contribution in [1.29, 1.82) is 0 Å². The van der Waals surface area contributed by atoms with Gasteiger partial charge in [0.2, 0.25) is 5.91 Å². The number of aromatic nitrogens is 2. The molecule has 0 fully saturated rings. The second-order valence-electron chi connectivity index (χ2n) is 6.27. The molecule has 0 aliphatic heterocycles. The van der Waals surface area contributed by atoms with Crippen LogP contribution in [-0.2, 0) is 22.7 Å². The van der Waals surface area contributed by atoms with Gasteiger partial charge in [-0.25, -0.2) is 10.5 Å². The summed E-state index contributed by atoms with van der Waals surface area (Å²) in [5, 5.41) is 2.21. The number of carbonyl (C=O) groups is 1. The molecule has 0 aliphatic rings. The number of hydrogen-bond donors (Lipinski definition) is 1. The summed E-state index contributed by atoms with van der Waals surface area (Å²) in [7, 11) is 0. The average Bonchev–Trinajstić information content (AvgIpc) is 3.24. The van der Waals surface area contributed by atoms with Crippen molar-refractivity contribution in [2.24, 2.45) is 0 Å². The fraction of sp³-hybridized carbons (Fsp3) is 0.0909. The lowest BCUT2D eigenvalue weighted by Crippen LogP contribution is -2.25. The summed E-state index contributed by atoms with van der Waals surface area (Å²) >= 11 is 0. The standard InChI is InChI=1S/C22H19N3O2/c26-22(14-19-6-3-5-18-4-1-2-7-21(18)19)24-27-15-17-8-10-20(11-9-17)25-13-12-23-16-25/h1-13,16H,14-15H2,(H,24,26). The maximum atomic E-state index is 12.2. The van der Waals surface area contributed by atoms with E-state index in [-0.39, 0.29) is 12.3 Å². The molecule has 1 N–H and O–H groups in total. The Hall–Kier alpha value is -3.44. The van der Waals surface area contributed by atoms with Crippen LogP contribution in [0.3, 0.4) is 0 Å². The monoisotopic (exact) mass is 357 g/mol. The quantitative estimate of drug-likeness (QED) is 0.534. The number of hydrogen-bond acceptors (Lipinski definition) is 3. The minimum absolute atomic E-state index is 0.165. The summed E-state index contributed by atoms with van der Waals surface area (Å²) in [5.41, 5.74) is 5.52. The minimum atomic E-state index is -0.165. The van der Waals surface area contributed by atoms with Crippen LogP contribution in [0.1, 0.15) is 11.1 Å². The average molecular weight is 357 g/mol. The summed E-state index contributed by atoms with van der Waals surface area (Å²) in [6, 6.07) is 21.9. The molecule has 0 unspecified atom stereocenters. The first-order valence-electron chi connectivity index (χ1n) is 8.74. The number of rotatable bonds is 6. The topological polar surface area (TPSA) is 56.1 Å². The van der Waals surface area contributed by atoms with E-state index >= 15 is 0 Å². The maximum absolute atomic E-state index is 12.2. The third-order valence-corrected chi connectivity index (χ3v) is 4.39. The first-order chi connectivity index (χ1) is 13.3. The predicted molar refractivity (Wildman–Crippen MR) is 104 cm³/mol. The lowest BCUT2D eigenvalue weighted by atomic mass is 10.0. The largest absolute Gasteiger partial charge is 0.306 e. The molecule has 0 aliphatic carbocycles. The zero-order valence-electron chi connectivity index (χ0n) is 14.7. The SMILES string of the molecule is O=C(Cc1cccc2ccccc12)NOCc1ccc(-n2ccnc2)cc1. The van der Waals surface area contributed by atoms with Crippen molar-refractivity contribution in [1.82, 2.24) is 15.0 Å². The fourth-order valence-electron chi connectivity index (χ4n) is 3.03. The predicted octanol–water partition coefficient (Wildman–Crippen LogP) is 3.82. The first kappa shape index (κ1) is 17.0. The van der Waals surface area contributed by atoms with Crippen molar-refractivity contribution in [3.63, 3.8) is 0 Å². The highest BCUT2D eigenvalue weighted by Crippen LogP contribution is 2.18. The van der Waals surface area contributed by atoms with Crippen LogP contribution in [0.15, 0.2) is 85.5 Å². The van der Waals surface area contributed by atoms with Crippen molar-refractivity contribution >= 4 is 16.7 Å². The normalized spacial score (nSPS) is 10.8. The van der Waals surface area contributed by atoms with Gasteiger partial charge in [0, 0.05) is 18.1 Å². The van der Waals surface area contributed by atoms with Crippen molar-refractivity contribution < 1.29 is 9.63 Å². The van der Waals surface area contributed by atoms with Gasteiger partial charge in [0.1, 0.15) is 0 Å². The summed E-state index contributed by atoms with van der Waals surface area (Å²) in [6.45, 7) is 0.311. The lowest BCUT2D eigenvalue weighted by Gasteiger charge is -2.09. The summed E-state index contributed by atoms with van der Waals surface area (Å²) in [5.74, 6) is -0.165. The second-order valence-corrected chi connectivity index (χ2v) is 6.27. The lowest BCUT2D eigenvalue weighted by molar-refractivity contribution is -0.133. The van der Waals surface area contributed by atoms with Gasteiger partial charge in [0.05, 0.1) is 19.4 Å². The number of nitrogens with zero attached hydrogens (tertiary/aromatic N) is 2. The Balaban J connectivity index is 1.32. The molecule has 1 heterocycles. The smallest absolute Gasteiger partial charge is 0.247 e. The van der Waals surface area contributed by atoms with Crippen LogP contribution < -0.4 is 5.48 Å². The molecule has 0 saturated carbocycles. The molecule has 5 heteroatoms. The Labute approximate surface area is 157 Å². The van der Waals surface area contributed by atoms with E-state index in [4.69, 9.17) is 4.84 Å². The van der Waals surface area contributed by atoms with Gasteiger partial charge in [0.15, 0.2) is 0 Å². The van der Waals surface area contributed by atoms with E-state index in [0.717, 1.165) is 27.6 Å². The number of amides is 1. The minimum Gasteiger partial charge on any atom is -0.306 e. The van der Waals surface area contributed by atoms with Crippen molar-refractivity contribution in [2.75, 3.05) is 0 Å². The van der Waals surface area contributed by atoms with E-state index < -0.39 is 0 Å². The summed E-state index contributed by atoms with van der Waals surface area (Å²) in [6.07, 6.45) is 5.65. The molecule has 134 valence electrons. The Morgan fingerprint density at radius 1 is 1.00 bits per heavy atom. The number of carbonyl (C=O) groups excluding carboxylic acids is 1. The van der Waals surface area contributed by atoms with Crippen LogP contribution in [0.2, 0.25) is 0 Å². The van der Waals surface area contributed by atoms with E-state index in [9.17, 15) is 4.79 Å². The molecule has 0 spiro atoms. The van der Waals surface area contributed by atoms with Crippen molar-refractivity contribution in [2.45, 2.75) is 13.0 Å². The Morgan fingerprint density at radius 2 is 1.81 bits per heavy atom. The molecular weight excluding hydrogens is 338 g/mol. The molecule has 4 rings (SSSR count). The first-order valence-corrected chi connectivity index (χ1v) is 8.74. The number of fused-ring (bicyclic) bond motifs is 1. The molecule has 27 heavy (non-hydrogen) atoms. The molecular formula is C22H19N3O2. The van der Waals surface area contributed by atoms with Crippen LogP contribution in [-0.4, -0.2) is 15.5 Å². The fourth-order valence-corrected chi connectivity index (χ4v) is 3.03. The molecule has 4 aromatic rings. The number of benzene rings is 3.